The molecule has 138 valence electrons. The number of ether oxygens (including phenoxy) is 1. The van der Waals surface area contributed by atoms with Gasteiger partial charge in [0.15, 0.2) is 5.78 Å². The Morgan fingerprint density at radius 1 is 1.00 bits per heavy atom. The highest BCUT2D eigenvalue weighted by Crippen LogP contribution is 2.38. The zero-order chi connectivity index (χ0) is 19.3. The molecule has 5 heteroatoms. The first-order valence-electron chi connectivity index (χ1n) is 9.01. The van der Waals surface area contributed by atoms with E-state index in [1.807, 2.05) is 60.7 Å². The third-order valence-electron chi connectivity index (χ3n) is 4.94. The SMILES string of the molecule is O=COCC(c1ccncc1)c1cccc2c1C(=O)C(c1ccccc1)C=N2. The summed E-state index contributed by atoms with van der Waals surface area (Å²) in [6.45, 7) is 0.563. The number of hydrogen-bond acceptors (Lipinski definition) is 5. The molecule has 1 aliphatic heterocycles. The lowest BCUT2D eigenvalue weighted by Crippen LogP contribution is -2.22. The summed E-state index contributed by atoms with van der Waals surface area (Å²) in [7, 11) is 0. The molecule has 1 aromatic heterocycles. The number of nitrogens with zero attached hydrogens (tertiary/aromatic N) is 2. The van der Waals surface area contributed by atoms with Crippen LogP contribution in [0.3, 0.4) is 0 Å². The van der Waals surface area contributed by atoms with Gasteiger partial charge >= 0.3 is 0 Å². The molecule has 0 spiro atoms. The number of ketones is 1. The highest BCUT2D eigenvalue weighted by Gasteiger charge is 2.31. The van der Waals surface area contributed by atoms with Gasteiger partial charge in [-0.3, -0.25) is 19.6 Å². The van der Waals surface area contributed by atoms with Crippen LogP contribution in [0.1, 0.15) is 38.9 Å². The summed E-state index contributed by atoms with van der Waals surface area (Å²) in [4.78, 5) is 32.9. The number of hydrogen-bond donors (Lipinski definition) is 0. The molecule has 2 aromatic carbocycles. The molecule has 0 bridgehead atoms. The third kappa shape index (κ3) is 3.34. The van der Waals surface area contributed by atoms with Crippen molar-refractivity contribution in [2.75, 3.05) is 6.61 Å². The van der Waals surface area contributed by atoms with Gasteiger partial charge in [-0.05, 0) is 34.9 Å². The average Bonchev–Trinajstić information content (AvgIpc) is 2.76. The van der Waals surface area contributed by atoms with Crippen molar-refractivity contribution in [2.45, 2.75) is 11.8 Å². The minimum absolute atomic E-state index is 0.00282. The van der Waals surface area contributed by atoms with E-state index in [1.165, 1.54) is 0 Å². The summed E-state index contributed by atoms with van der Waals surface area (Å²) < 4.78 is 5.09. The molecule has 5 nitrogen and oxygen atoms in total. The van der Waals surface area contributed by atoms with Crippen LogP contribution in [0.2, 0.25) is 0 Å². The van der Waals surface area contributed by atoms with Gasteiger partial charge in [0, 0.05) is 30.1 Å². The van der Waals surface area contributed by atoms with E-state index in [1.54, 1.807) is 18.6 Å². The van der Waals surface area contributed by atoms with E-state index in [0.29, 0.717) is 17.7 Å². The first-order chi connectivity index (χ1) is 13.8. The Morgan fingerprint density at radius 3 is 2.54 bits per heavy atom. The smallest absolute Gasteiger partial charge is 0.293 e. The van der Waals surface area contributed by atoms with Crippen LogP contribution in [0.4, 0.5) is 5.69 Å². The number of Topliss-reactive ketones (excluding diaryl/α,β-unsaturated/α-hetero) is 1. The molecule has 0 N–H and O–H groups in total. The summed E-state index contributed by atoms with van der Waals surface area (Å²) in [5, 5.41) is 0. The van der Waals surface area contributed by atoms with Gasteiger partial charge in [-0.1, -0.05) is 42.5 Å². The number of pyridine rings is 1. The van der Waals surface area contributed by atoms with Gasteiger partial charge in [0.25, 0.3) is 6.47 Å². The number of benzene rings is 2. The van der Waals surface area contributed by atoms with E-state index in [0.717, 1.165) is 16.7 Å². The van der Waals surface area contributed by atoms with E-state index in [4.69, 9.17) is 4.74 Å². The van der Waals surface area contributed by atoms with E-state index in [2.05, 4.69) is 9.98 Å². The van der Waals surface area contributed by atoms with Crippen molar-refractivity contribution in [1.82, 2.24) is 4.98 Å². The fraction of sp³-hybridized carbons (Fsp3) is 0.130. The normalized spacial score (nSPS) is 16.3. The van der Waals surface area contributed by atoms with E-state index >= 15 is 0 Å². The minimum atomic E-state index is -0.431. The summed E-state index contributed by atoms with van der Waals surface area (Å²) in [6.07, 6.45) is 5.07. The van der Waals surface area contributed by atoms with Crippen molar-refractivity contribution in [1.29, 1.82) is 0 Å². The summed E-state index contributed by atoms with van der Waals surface area (Å²) in [5.41, 5.74) is 3.84. The van der Waals surface area contributed by atoms with Crippen LogP contribution in [0.25, 0.3) is 0 Å². The van der Waals surface area contributed by atoms with E-state index in [9.17, 15) is 9.59 Å². The number of carbonyl (C=O) groups is 2. The van der Waals surface area contributed by atoms with Crippen LogP contribution in [0.15, 0.2) is 78.0 Å². The Hall–Kier alpha value is -3.60. The van der Waals surface area contributed by atoms with Crippen molar-refractivity contribution >= 4 is 24.2 Å². The zero-order valence-corrected chi connectivity index (χ0v) is 15.1. The van der Waals surface area contributed by atoms with Gasteiger partial charge in [-0.15, -0.1) is 0 Å². The topological polar surface area (TPSA) is 68.6 Å². The fourth-order valence-electron chi connectivity index (χ4n) is 3.60. The van der Waals surface area contributed by atoms with Gasteiger partial charge in [-0.25, -0.2) is 0 Å². The molecule has 0 saturated heterocycles. The molecule has 0 amide bonds. The van der Waals surface area contributed by atoms with Crippen molar-refractivity contribution in [2.24, 2.45) is 4.99 Å². The van der Waals surface area contributed by atoms with E-state index < -0.39 is 5.92 Å². The monoisotopic (exact) mass is 370 g/mol. The maximum atomic E-state index is 13.4. The summed E-state index contributed by atoms with van der Waals surface area (Å²) >= 11 is 0. The van der Waals surface area contributed by atoms with Crippen LogP contribution in [-0.4, -0.2) is 30.1 Å². The van der Waals surface area contributed by atoms with E-state index in [-0.39, 0.29) is 18.3 Å². The second-order valence-corrected chi connectivity index (χ2v) is 6.53. The number of carbonyl (C=O) groups excluding carboxylic acids is 2. The van der Waals surface area contributed by atoms with Crippen molar-refractivity contribution < 1.29 is 14.3 Å². The molecule has 2 heterocycles. The average molecular weight is 370 g/mol. The third-order valence-corrected chi connectivity index (χ3v) is 4.94. The van der Waals surface area contributed by atoms with Crippen molar-refractivity contribution in [3.8, 4) is 0 Å². The lowest BCUT2D eigenvalue weighted by Gasteiger charge is -2.24. The highest BCUT2D eigenvalue weighted by atomic mass is 16.5. The molecule has 4 rings (SSSR count). The van der Waals surface area contributed by atoms with Crippen LogP contribution in [0, 0.1) is 0 Å². The molecule has 0 radical (unpaired) electrons. The first kappa shape index (κ1) is 17.8. The van der Waals surface area contributed by atoms with Gasteiger partial charge in [0.05, 0.1) is 11.6 Å². The first-order valence-corrected chi connectivity index (χ1v) is 9.01. The Bertz CT molecular complexity index is 1020. The number of rotatable bonds is 6. The van der Waals surface area contributed by atoms with Crippen molar-refractivity contribution in [3.63, 3.8) is 0 Å². The molecule has 2 atom stereocenters. The van der Waals surface area contributed by atoms with Crippen molar-refractivity contribution in [3.05, 3.63) is 95.3 Å². The maximum absolute atomic E-state index is 13.4. The maximum Gasteiger partial charge on any atom is 0.293 e. The van der Waals surface area contributed by atoms with Crippen LogP contribution < -0.4 is 0 Å². The Labute approximate surface area is 162 Å². The largest absolute Gasteiger partial charge is 0.467 e. The highest BCUT2D eigenvalue weighted by molar-refractivity contribution is 6.16. The standard InChI is InChI=1S/C23H18N2O3/c26-15-28-14-20(17-9-11-24-12-10-17)18-7-4-8-21-22(18)23(27)19(13-25-21)16-5-2-1-3-6-16/h1-13,15,19-20H,14H2. The molecule has 0 aliphatic carbocycles. The molecule has 2 unspecified atom stereocenters. The van der Waals surface area contributed by atoms with Gasteiger partial charge in [-0.2, -0.15) is 0 Å². The molecule has 28 heavy (non-hydrogen) atoms. The lowest BCUT2D eigenvalue weighted by atomic mass is 9.81. The number of fused-ring (bicyclic) bond motifs is 1. The fourth-order valence-corrected chi connectivity index (χ4v) is 3.60. The molecule has 0 fully saturated rings. The molecule has 0 saturated carbocycles. The van der Waals surface area contributed by atoms with Crippen LogP contribution in [0.5, 0.6) is 0 Å². The Morgan fingerprint density at radius 2 is 1.79 bits per heavy atom. The molecule has 3 aromatic rings. The second kappa shape index (κ2) is 7.96. The second-order valence-electron chi connectivity index (χ2n) is 6.53. The summed E-state index contributed by atoms with van der Waals surface area (Å²) in [6, 6.07) is 18.9. The summed E-state index contributed by atoms with van der Waals surface area (Å²) in [5.74, 6) is -0.714. The van der Waals surface area contributed by atoms with Crippen LogP contribution in [-0.2, 0) is 9.53 Å². The Balaban J connectivity index is 1.81. The predicted molar refractivity (Wildman–Crippen MR) is 106 cm³/mol. The molecular formula is C23H18N2O3. The molecule has 1 aliphatic rings. The van der Waals surface area contributed by atoms with Gasteiger partial charge in [0.1, 0.15) is 6.61 Å². The number of aliphatic imine (C=N–C) groups is 1. The predicted octanol–water partition coefficient (Wildman–Crippen LogP) is 4.07. The number of aromatic nitrogens is 1. The lowest BCUT2D eigenvalue weighted by molar-refractivity contribution is -0.128. The quantitative estimate of drug-likeness (QED) is 0.614. The minimum Gasteiger partial charge on any atom is -0.467 e. The Kier molecular flexibility index (Phi) is 5.06. The zero-order valence-electron chi connectivity index (χ0n) is 15.1. The van der Waals surface area contributed by atoms with Gasteiger partial charge in [0.2, 0.25) is 0 Å². The van der Waals surface area contributed by atoms with Crippen LogP contribution >= 0.6 is 0 Å². The van der Waals surface area contributed by atoms with Gasteiger partial charge < -0.3 is 4.74 Å². The molecular weight excluding hydrogens is 352 g/mol.